The molecule has 3 aromatic rings. The second-order valence-electron chi connectivity index (χ2n) is 7.13. The van der Waals surface area contributed by atoms with Gasteiger partial charge in [0.25, 0.3) is 11.8 Å². The van der Waals surface area contributed by atoms with Crippen molar-refractivity contribution in [1.82, 2.24) is 15.4 Å². The lowest BCUT2D eigenvalue weighted by Gasteiger charge is -2.27. The van der Waals surface area contributed by atoms with E-state index < -0.39 is 5.91 Å². The van der Waals surface area contributed by atoms with Gasteiger partial charge < -0.3 is 20.1 Å². The largest absolute Gasteiger partial charge is 0.360 e. The average molecular weight is 459 g/mol. The fraction of sp³-hybridized carbons (Fsp3) is 0.227. The van der Waals surface area contributed by atoms with Gasteiger partial charge in [0, 0.05) is 37.3 Å². The molecular formula is C22H20Cl2N4O3. The number of aryl methyl sites for hydroxylation is 1. The standard InChI is InChI=1S/C22H20Cl2N4O3/c1-13-19(20(27-31-13)15-4-2-3-5-16(15)23)21(29)26-18-12-14(6-7-17(18)24)22(30)28-10-8-25-9-11-28/h2-7,12,25H,8-11H2,1H3,(H,26,29). The van der Waals surface area contributed by atoms with Crippen LogP contribution in [0.2, 0.25) is 10.0 Å². The molecule has 0 bridgehead atoms. The van der Waals surface area contributed by atoms with Gasteiger partial charge in [-0.15, -0.1) is 0 Å². The van der Waals surface area contributed by atoms with Crippen molar-refractivity contribution in [2.75, 3.05) is 31.5 Å². The summed E-state index contributed by atoms with van der Waals surface area (Å²) in [5, 5.41) is 10.8. The Hall–Kier alpha value is -2.87. The molecule has 31 heavy (non-hydrogen) atoms. The molecule has 1 fully saturated rings. The summed E-state index contributed by atoms with van der Waals surface area (Å²) >= 11 is 12.6. The lowest BCUT2D eigenvalue weighted by molar-refractivity contribution is 0.0735. The number of nitrogens with zero attached hydrogens (tertiary/aromatic N) is 2. The first kappa shape index (κ1) is 21.4. The van der Waals surface area contributed by atoms with Gasteiger partial charge in [0.2, 0.25) is 0 Å². The van der Waals surface area contributed by atoms with E-state index >= 15 is 0 Å². The van der Waals surface area contributed by atoms with Crippen LogP contribution in [0, 0.1) is 6.92 Å². The molecule has 2 amide bonds. The van der Waals surface area contributed by atoms with E-state index in [2.05, 4.69) is 15.8 Å². The number of rotatable bonds is 4. The van der Waals surface area contributed by atoms with Gasteiger partial charge in [0.15, 0.2) is 0 Å². The van der Waals surface area contributed by atoms with Crippen LogP contribution >= 0.6 is 23.2 Å². The molecule has 1 aliphatic rings. The second kappa shape index (κ2) is 9.09. The Morgan fingerprint density at radius 2 is 1.84 bits per heavy atom. The zero-order chi connectivity index (χ0) is 22.0. The van der Waals surface area contributed by atoms with E-state index in [4.69, 9.17) is 27.7 Å². The van der Waals surface area contributed by atoms with E-state index in [9.17, 15) is 9.59 Å². The number of aromatic nitrogens is 1. The van der Waals surface area contributed by atoms with Crippen molar-refractivity contribution in [1.29, 1.82) is 0 Å². The molecule has 1 aromatic heterocycles. The molecule has 0 radical (unpaired) electrons. The van der Waals surface area contributed by atoms with Gasteiger partial charge in [-0.3, -0.25) is 9.59 Å². The molecule has 7 nitrogen and oxygen atoms in total. The van der Waals surface area contributed by atoms with E-state index in [0.29, 0.717) is 51.4 Å². The van der Waals surface area contributed by atoms with Gasteiger partial charge in [0.05, 0.1) is 15.7 Å². The first-order valence-electron chi connectivity index (χ1n) is 9.78. The maximum atomic E-state index is 13.1. The monoisotopic (exact) mass is 458 g/mol. The predicted octanol–water partition coefficient (Wildman–Crippen LogP) is 4.25. The summed E-state index contributed by atoms with van der Waals surface area (Å²) in [7, 11) is 0. The minimum Gasteiger partial charge on any atom is -0.360 e. The lowest BCUT2D eigenvalue weighted by Crippen LogP contribution is -2.46. The quantitative estimate of drug-likeness (QED) is 0.609. The zero-order valence-corrected chi connectivity index (χ0v) is 18.3. The summed E-state index contributed by atoms with van der Waals surface area (Å²) in [6.45, 7) is 4.41. The molecule has 2 heterocycles. The average Bonchev–Trinajstić information content (AvgIpc) is 3.17. The Kier molecular flexibility index (Phi) is 6.27. The number of piperazine rings is 1. The summed E-state index contributed by atoms with van der Waals surface area (Å²) in [4.78, 5) is 27.7. The van der Waals surface area contributed by atoms with Crippen molar-refractivity contribution in [2.24, 2.45) is 0 Å². The molecule has 2 aromatic carbocycles. The van der Waals surface area contributed by atoms with Crippen LogP contribution in [-0.2, 0) is 0 Å². The Bertz CT molecular complexity index is 1140. The van der Waals surface area contributed by atoms with E-state index in [1.165, 1.54) is 0 Å². The van der Waals surface area contributed by atoms with Crippen molar-refractivity contribution in [3.05, 3.63) is 69.4 Å². The molecule has 4 rings (SSSR count). The lowest BCUT2D eigenvalue weighted by atomic mass is 10.1. The first-order chi connectivity index (χ1) is 15.0. The number of nitrogens with one attached hydrogen (secondary N) is 2. The van der Waals surface area contributed by atoms with Crippen molar-refractivity contribution in [2.45, 2.75) is 6.92 Å². The van der Waals surface area contributed by atoms with E-state index in [1.807, 2.05) is 0 Å². The molecule has 0 unspecified atom stereocenters. The molecule has 9 heteroatoms. The molecular weight excluding hydrogens is 439 g/mol. The van der Waals surface area contributed by atoms with Gasteiger partial charge in [-0.25, -0.2) is 0 Å². The number of halogens is 2. The molecule has 0 spiro atoms. The van der Waals surface area contributed by atoms with Crippen LogP contribution in [0.5, 0.6) is 0 Å². The summed E-state index contributed by atoms with van der Waals surface area (Å²) in [6.07, 6.45) is 0. The molecule has 2 N–H and O–H groups in total. The Labute approximate surface area is 189 Å². The first-order valence-corrected chi connectivity index (χ1v) is 10.5. The van der Waals surface area contributed by atoms with Crippen molar-refractivity contribution in [3.63, 3.8) is 0 Å². The molecule has 160 valence electrons. The van der Waals surface area contributed by atoms with Gasteiger partial charge in [0.1, 0.15) is 17.0 Å². The molecule has 0 atom stereocenters. The number of benzene rings is 2. The predicted molar refractivity (Wildman–Crippen MR) is 120 cm³/mol. The van der Waals surface area contributed by atoms with Gasteiger partial charge in [-0.05, 0) is 31.2 Å². The van der Waals surface area contributed by atoms with Crippen LogP contribution in [0.1, 0.15) is 26.5 Å². The smallest absolute Gasteiger partial charge is 0.261 e. The van der Waals surface area contributed by atoms with Crippen molar-refractivity contribution < 1.29 is 14.1 Å². The SMILES string of the molecule is Cc1onc(-c2ccccc2Cl)c1C(=O)Nc1cc(C(=O)N2CCNCC2)ccc1Cl. The molecule has 0 saturated carbocycles. The van der Waals surface area contributed by atoms with E-state index in [-0.39, 0.29) is 11.5 Å². The fourth-order valence-electron chi connectivity index (χ4n) is 3.47. The number of hydrogen-bond acceptors (Lipinski definition) is 5. The summed E-state index contributed by atoms with van der Waals surface area (Å²) < 4.78 is 5.27. The second-order valence-corrected chi connectivity index (χ2v) is 7.95. The highest BCUT2D eigenvalue weighted by molar-refractivity contribution is 6.34. The highest BCUT2D eigenvalue weighted by Gasteiger charge is 2.24. The highest BCUT2D eigenvalue weighted by atomic mass is 35.5. The topological polar surface area (TPSA) is 87.5 Å². The minimum absolute atomic E-state index is 0.105. The Morgan fingerprint density at radius 3 is 2.58 bits per heavy atom. The Morgan fingerprint density at radius 1 is 1.10 bits per heavy atom. The van der Waals surface area contributed by atoms with Gasteiger partial charge in [-0.2, -0.15) is 0 Å². The third-order valence-corrected chi connectivity index (χ3v) is 5.74. The van der Waals surface area contributed by atoms with Crippen LogP contribution in [-0.4, -0.2) is 48.0 Å². The number of hydrogen-bond donors (Lipinski definition) is 2. The summed E-state index contributed by atoms with van der Waals surface area (Å²) in [5.74, 6) is -0.217. The zero-order valence-electron chi connectivity index (χ0n) is 16.7. The van der Waals surface area contributed by atoms with Crippen LogP contribution < -0.4 is 10.6 Å². The third kappa shape index (κ3) is 4.44. The maximum Gasteiger partial charge on any atom is 0.261 e. The van der Waals surface area contributed by atoms with E-state index in [0.717, 1.165) is 13.1 Å². The summed E-state index contributed by atoms with van der Waals surface area (Å²) in [6, 6.07) is 11.9. The molecule has 0 aliphatic carbocycles. The van der Waals surface area contributed by atoms with Crippen LogP contribution in [0.15, 0.2) is 47.0 Å². The van der Waals surface area contributed by atoms with Crippen LogP contribution in [0.3, 0.4) is 0 Å². The molecule has 1 aliphatic heterocycles. The number of amides is 2. The number of anilines is 1. The van der Waals surface area contributed by atoms with Crippen molar-refractivity contribution in [3.8, 4) is 11.3 Å². The van der Waals surface area contributed by atoms with E-state index in [1.54, 1.807) is 54.3 Å². The minimum atomic E-state index is -0.456. The summed E-state index contributed by atoms with van der Waals surface area (Å²) in [5.41, 5.74) is 1.96. The fourth-order valence-corrected chi connectivity index (χ4v) is 3.86. The molecule has 1 saturated heterocycles. The number of carbonyl (C=O) groups is 2. The van der Waals surface area contributed by atoms with Crippen LogP contribution in [0.4, 0.5) is 5.69 Å². The normalized spacial score (nSPS) is 13.8. The number of carbonyl (C=O) groups excluding carboxylic acids is 2. The van der Waals surface area contributed by atoms with Gasteiger partial charge >= 0.3 is 0 Å². The maximum absolute atomic E-state index is 13.1. The van der Waals surface area contributed by atoms with Gasteiger partial charge in [-0.1, -0.05) is 46.6 Å². The van der Waals surface area contributed by atoms with Crippen molar-refractivity contribution >= 4 is 40.7 Å². The Balaban J connectivity index is 1.62. The van der Waals surface area contributed by atoms with Crippen LogP contribution in [0.25, 0.3) is 11.3 Å². The third-order valence-electron chi connectivity index (χ3n) is 5.08. The highest BCUT2D eigenvalue weighted by Crippen LogP contribution is 2.32.